The van der Waals surface area contributed by atoms with Crippen LogP contribution in [-0.2, 0) is 9.63 Å². The highest BCUT2D eigenvalue weighted by atomic mass is 16.6. The zero-order chi connectivity index (χ0) is 17.8. The van der Waals surface area contributed by atoms with E-state index < -0.39 is 0 Å². The molecule has 0 N–H and O–H groups in total. The summed E-state index contributed by atoms with van der Waals surface area (Å²) in [5.74, 6) is 1.04. The second-order valence-corrected chi connectivity index (χ2v) is 5.69. The van der Waals surface area contributed by atoms with Gasteiger partial charge in [0, 0.05) is 0 Å². The van der Waals surface area contributed by atoms with Crippen LogP contribution in [0.2, 0.25) is 0 Å². The van der Waals surface area contributed by atoms with Crippen LogP contribution in [0.5, 0.6) is 11.5 Å². The van der Waals surface area contributed by atoms with E-state index in [4.69, 9.17) is 9.57 Å². The summed E-state index contributed by atoms with van der Waals surface area (Å²) in [4.78, 5) is 19.6. The van der Waals surface area contributed by atoms with Crippen LogP contribution in [-0.4, -0.2) is 18.7 Å². The van der Waals surface area contributed by atoms with Crippen LogP contribution in [0.15, 0.2) is 84.0 Å². The van der Waals surface area contributed by atoms with Crippen molar-refractivity contribution < 1.29 is 14.4 Å². The minimum atomic E-state index is -0.224. The van der Waals surface area contributed by atoms with Crippen LogP contribution in [0.25, 0.3) is 0 Å². The topological polar surface area (TPSA) is 51.1 Å². The van der Waals surface area contributed by atoms with Gasteiger partial charge in [0.1, 0.15) is 0 Å². The van der Waals surface area contributed by atoms with Crippen molar-refractivity contribution in [2.45, 2.75) is 0 Å². The molecule has 0 spiro atoms. The van der Waals surface area contributed by atoms with Gasteiger partial charge in [-0.15, -0.1) is 0 Å². The highest BCUT2D eigenvalue weighted by Gasteiger charge is 2.28. The number of nitrogens with zero attached hydrogens (tertiary/aromatic N) is 2. The number of para-hydroxylation sites is 4. The molecular weight excluding hydrogens is 328 g/mol. The Morgan fingerprint density at radius 1 is 0.885 bits per heavy atom. The Labute approximate surface area is 151 Å². The van der Waals surface area contributed by atoms with Gasteiger partial charge in [-0.1, -0.05) is 59.8 Å². The maximum absolute atomic E-state index is 12.8. The van der Waals surface area contributed by atoms with Gasteiger partial charge in [-0.3, -0.25) is 9.69 Å². The SMILES string of the molecule is O=C(CON=Cc1ccccc1)N1c2ccccc2Oc2ccccc21. The lowest BCUT2D eigenvalue weighted by Gasteiger charge is -2.30. The summed E-state index contributed by atoms with van der Waals surface area (Å²) in [5.41, 5.74) is 2.28. The first-order valence-corrected chi connectivity index (χ1v) is 8.22. The summed E-state index contributed by atoms with van der Waals surface area (Å²) in [6, 6.07) is 24.4. The minimum Gasteiger partial charge on any atom is -0.453 e. The maximum atomic E-state index is 12.8. The molecule has 0 atom stereocenters. The number of anilines is 2. The Kier molecular flexibility index (Phi) is 4.35. The Bertz CT molecular complexity index is 909. The van der Waals surface area contributed by atoms with E-state index >= 15 is 0 Å². The summed E-state index contributed by atoms with van der Waals surface area (Å²) in [6.45, 7) is -0.175. The maximum Gasteiger partial charge on any atom is 0.272 e. The lowest BCUT2D eigenvalue weighted by atomic mass is 10.1. The number of hydrogen-bond acceptors (Lipinski definition) is 4. The predicted molar refractivity (Wildman–Crippen MR) is 100 cm³/mol. The molecular formula is C21H16N2O3. The number of oxime groups is 1. The number of rotatable bonds is 4. The number of hydrogen-bond donors (Lipinski definition) is 0. The molecule has 0 aromatic heterocycles. The third-order valence-electron chi connectivity index (χ3n) is 3.95. The average Bonchev–Trinajstić information content (AvgIpc) is 2.70. The van der Waals surface area contributed by atoms with E-state index in [2.05, 4.69) is 5.16 Å². The molecule has 1 aliphatic heterocycles. The van der Waals surface area contributed by atoms with Crippen molar-refractivity contribution in [3.63, 3.8) is 0 Å². The zero-order valence-corrected chi connectivity index (χ0v) is 13.9. The van der Waals surface area contributed by atoms with Gasteiger partial charge in [0.25, 0.3) is 5.91 Å². The fourth-order valence-corrected chi connectivity index (χ4v) is 2.77. The van der Waals surface area contributed by atoms with Gasteiger partial charge < -0.3 is 9.57 Å². The van der Waals surface area contributed by atoms with Gasteiger partial charge in [-0.05, 0) is 29.8 Å². The minimum absolute atomic E-state index is 0.175. The number of fused-ring (bicyclic) bond motifs is 2. The summed E-state index contributed by atoms with van der Waals surface area (Å²) in [6.07, 6.45) is 1.58. The van der Waals surface area contributed by atoms with Crippen molar-refractivity contribution in [1.82, 2.24) is 0 Å². The first kappa shape index (κ1) is 15.9. The molecule has 4 rings (SSSR count). The summed E-state index contributed by atoms with van der Waals surface area (Å²) in [5, 5.41) is 3.88. The largest absolute Gasteiger partial charge is 0.453 e. The van der Waals surface area contributed by atoms with Crippen molar-refractivity contribution in [2.75, 3.05) is 11.5 Å². The van der Waals surface area contributed by atoms with Crippen molar-refractivity contribution in [3.8, 4) is 11.5 Å². The molecule has 1 heterocycles. The van der Waals surface area contributed by atoms with Gasteiger partial charge in [0.15, 0.2) is 18.1 Å². The molecule has 0 bridgehead atoms. The van der Waals surface area contributed by atoms with E-state index in [-0.39, 0.29) is 12.5 Å². The Morgan fingerprint density at radius 2 is 1.46 bits per heavy atom. The van der Waals surface area contributed by atoms with Crippen LogP contribution in [0.3, 0.4) is 0 Å². The van der Waals surface area contributed by atoms with Crippen molar-refractivity contribution in [3.05, 3.63) is 84.4 Å². The Balaban J connectivity index is 1.53. The third kappa shape index (κ3) is 3.15. The highest BCUT2D eigenvalue weighted by molar-refractivity contribution is 6.05. The van der Waals surface area contributed by atoms with Crippen molar-refractivity contribution >= 4 is 23.5 Å². The average molecular weight is 344 g/mol. The number of benzene rings is 3. The van der Waals surface area contributed by atoms with Crippen molar-refractivity contribution in [2.24, 2.45) is 5.16 Å². The summed E-state index contributed by atoms with van der Waals surface area (Å²) in [7, 11) is 0. The molecule has 5 nitrogen and oxygen atoms in total. The number of amides is 1. The fraction of sp³-hybridized carbons (Fsp3) is 0.0476. The van der Waals surface area contributed by atoms with Crippen LogP contribution in [0, 0.1) is 0 Å². The summed E-state index contributed by atoms with van der Waals surface area (Å²) >= 11 is 0. The monoisotopic (exact) mass is 344 g/mol. The van der Waals surface area contributed by atoms with Crippen molar-refractivity contribution in [1.29, 1.82) is 0 Å². The first-order chi connectivity index (χ1) is 12.8. The third-order valence-corrected chi connectivity index (χ3v) is 3.95. The second kappa shape index (κ2) is 7.11. The lowest BCUT2D eigenvalue weighted by Crippen LogP contribution is -2.31. The Hall–Kier alpha value is -3.60. The van der Waals surface area contributed by atoms with Crippen LogP contribution in [0.1, 0.15) is 5.56 Å². The van der Waals surface area contributed by atoms with Gasteiger partial charge >= 0.3 is 0 Å². The molecule has 26 heavy (non-hydrogen) atoms. The molecule has 5 heteroatoms. The molecule has 3 aromatic rings. The molecule has 0 saturated carbocycles. The molecule has 0 unspecified atom stereocenters. The van der Waals surface area contributed by atoms with E-state index in [0.717, 1.165) is 5.56 Å². The van der Waals surface area contributed by atoms with Crippen LogP contribution < -0.4 is 9.64 Å². The normalized spacial score (nSPS) is 12.2. The molecule has 128 valence electrons. The van der Waals surface area contributed by atoms with E-state index in [0.29, 0.717) is 22.9 Å². The molecule has 0 fully saturated rings. The lowest BCUT2D eigenvalue weighted by molar-refractivity contribution is -0.122. The summed E-state index contributed by atoms with van der Waals surface area (Å²) < 4.78 is 5.88. The van der Waals surface area contributed by atoms with E-state index in [1.807, 2.05) is 78.9 Å². The molecule has 0 saturated heterocycles. The quantitative estimate of drug-likeness (QED) is 0.517. The highest BCUT2D eigenvalue weighted by Crippen LogP contribution is 2.46. The molecule has 0 radical (unpaired) electrons. The van der Waals surface area contributed by atoms with Gasteiger partial charge in [0.05, 0.1) is 17.6 Å². The van der Waals surface area contributed by atoms with E-state index in [1.165, 1.54) is 0 Å². The van der Waals surface area contributed by atoms with Gasteiger partial charge in [-0.2, -0.15) is 0 Å². The molecule has 1 aliphatic rings. The Morgan fingerprint density at radius 3 is 2.12 bits per heavy atom. The fourth-order valence-electron chi connectivity index (χ4n) is 2.77. The van der Waals surface area contributed by atoms with Crippen LogP contribution >= 0.6 is 0 Å². The smallest absolute Gasteiger partial charge is 0.272 e. The van der Waals surface area contributed by atoms with Crippen LogP contribution in [0.4, 0.5) is 11.4 Å². The molecule has 1 amide bonds. The van der Waals surface area contributed by atoms with E-state index in [1.54, 1.807) is 11.1 Å². The molecule has 3 aromatic carbocycles. The zero-order valence-electron chi connectivity index (χ0n) is 13.9. The second-order valence-electron chi connectivity index (χ2n) is 5.69. The standard InChI is InChI=1S/C21H16N2O3/c24-21(15-25-22-14-16-8-2-1-3-9-16)23-17-10-4-6-12-19(17)26-20-13-7-5-11-18(20)23/h1-14H,15H2. The van der Waals surface area contributed by atoms with E-state index in [9.17, 15) is 4.79 Å². The van der Waals surface area contributed by atoms with Gasteiger partial charge in [0.2, 0.25) is 0 Å². The van der Waals surface area contributed by atoms with Gasteiger partial charge in [-0.25, -0.2) is 0 Å². The number of carbonyl (C=O) groups excluding carboxylic acids is 1. The predicted octanol–water partition coefficient (Wildman–Crippen LogP) is 4.51. The number of carbonyl (C=O) groups is 1. The first-order valence-electron chi connectivity index (χ1n) is 8.22. The number of ether oxygens (including phenoxy) is 1. The molecule has 0 aliphatic carbocycles.